The van der Waals surface area contributed by atoms with Gasteiger partial charge in [-0.1, -0.05) is 0 Å². The number of nitrogens with zero attached hydrogens (tertiary/aromatic N) is 5. The van der Waals surface area contributed by atoms with Gasteiger partial charge in [0.2, 0.25) is 5.91 Å². The summed E-state index contributed by atoms with van der Waals surface area (Å²) in [6.07, 6.45) is -0.556. The number of alkyl halides is 3. The Morgan fingerprint density at radius 3 is 2.73 bits per heavy atom. The largest absolute Gasteiger partial charge is 0.419 e. The van der Waals surface area contributed by atoms with Gasteiger partial charge in [-0.3, -0.25) is 14.2 Å². The quantitative estimate of drug-likeness (QED) is 0.755. The molecule has 0 N–H and O–H groups in total. The zero-order valence-corrected chi connectivity index (χ0v) is 17.1. The number of aryl methyl sites for hydroxylation is 1. The molecule has 0 saturated carbocycles. The smallest absolute Gasteiger partial charge is 0.354 e. The van der Waals surface area contributed by atoms with Crippen molar-refractivity contribution >= 4 is 11.7 Å². The lowest BCUT2D eigenvalue weighted by Gasteiger charge is -2.38. The van der Waals surface area contributed by atoms with E-state index in [0.29, 0.717) is 30.6 Å². The summed E-state index contributed by atoms with van der Waals surface area (Å²) in [5, 5.41) is 0. The number of hydrogen-bond acceptors (Lipinski definition) is 5. The van der Waals surface area contributed by atoms with Crippen LogP contribution in [0, 0.1) is 13.8 Å². The Morgan fingerprint density at radius 2 is 2.03 bits per heavy atom. The van der Waals surface area contributed by atoms with E-state index in [1.807, 2.05) is 0 Å². The van der Waals surface area contributed by atoms with Crippen LogP contribution in [0.25, 0.3) is 0 Å². The average Bonchev–Trinajstić information content (AvgIpc) is 2.73. The molecule has 10 heteroatoms. The normalized spacial score (nSPS) is 17.1. The molecule has 0 radical (unpaired) electrons. The predicted octanol–water partition coefficient (Wildman–Crippen LogP) is 2.40. The highest BCUT2D eigenvalue weighted by Gasteiger charge is 2.37. The lowest BCUT2D eigenvalue weighted by molar-refractivity contribution is -0.137. The van der Waals surface area contributed by atoms with Crippen molar-refractivity contribution < 1.29 is 18.0 Å². The molecule has 162 valence electrons. The number of rotatable bonds is 4. The van der Waals surface area contributed by atoms with E-state index in [2.05, 4.69) is 9.97 Å². The molecule has 7 nitrogen and oxygen atoms in total. The zero-order chi connectivity index (χ0) is 22.1. The number of hydrogen-bond donors (Lipinski definition) is 0. The maximum absolute atomic E-state index is 13.4. The van der Waals surface area contributed by atoms with Gasteiger partial charge in [0.25, 0.3) is 5.56 Å². The fourth-order valence-corrected chi connectivity index (χ4v) is 3.60. The van der Waals surface area contributed by atoms with Gasteiger partial charge in [-0.2, -0.15) is 13.2 Å². The second-order valence-corrected chi connectivity index (χ2v) is 7.51. The van der Waals surface area contributed by atoms with Crippen molar-refractivity contribution in [3.8, 4) is 0 Å². The van der Waals surface area contributed by atoms with Gasteiger partial charge >= 0.3 is 6.18 Å². The van der Waals surface area contributed by atoms with Crippen molar-refractivity contribution in [1.82, 2.24) is 19.4 Å². The van der Waals surface area contributed by atoms with Crippen LogP contribution in [0.5, 0.6) is 0 Å². The molecule has 3 rings (SSSR count). The minimum absolute atomic E-state index is 0.152. The van der Waals surface area contributed by atoms with Gasteiger partial charge in [-0.25, -0.2) is 9.97 Å². The van der Waals surface area contributed by atoms with E-state index in [4.69, 9.17) is 0 Å². The summed E-state index contributed by atoms with van der Waals surface area (Å²) >= 11 is 0. The van der Waals surface area contributed by atoms with Crippen molar-refractivity contribution in [3.63, 3.8) is 0 Å². The molecule has 0 aliphatic carbocycles. The van der Waals surface area contributed by atoms with E-state index in [-0.39, 0.29) is 36.4 Å². The molecule has 2 aromatic heterocycles. The molecular weight excluding hydrogens is 399 g/mol. The van der Waals surface area contributed by atoms with Crippen molar-refractivity contribution in [2.45, 2.75) is 45.5 Å². The van der Waals surface area contributed by atoms with E-state index < -0.39 is 11.7 Å². The summed E-state index contributed by atoms with van der Waals surface area (Å²) < 4.78 is 41.3. The first-order valence-corrected chi connectivity index (χ1v) is 9.65. The molecule has 3 heterocycles. The third-order valence-electron chi connectivity index (χ3n) is 5.54. The van der Waals surface area contributed by atoms with E-state index >= 15 is 0 Å². The van der Waals surface area contributed by atoms with Crippen molar-refractivity contribution in [2.75, 3.05) is 25.0 Å². The summed E-state index contributed by atoms with van der Waals surface area (Å²) in [5.41, 5.74) is 0.0177. The maximum Gasteiger partial charge on any atom is 0.419 e. The first kappa shape index (κ1) is 21.8. The molecule has 1 aliphatic rings. The van der Waals surface area contributed by atoms with Gasteiger partial charge in [-0.15, -0.1) is 0 Å². The van der Waals surface area contributed by atoms with Crippen LogP contribution < -0.4 is 10.5 Å². The Morgan fingerprint density at radius 1 is 1.30 bits per heavy atom. The van der Waals surface area contributed by atoms with Crippen LogP contribution in [-0.2, 0) is 17.5 Å². The number of carbonyl (C=O) groups excluding carboxylic acids is 1. The number of aromatic nitrogens is 3. The molecule has 1 amide bonds. The standard InChI is InChI=1S/C20H24F3N5O2/c1-13-14(2)25-12-28(19(13)30)11-17(29)27-9-5-6-15(10-27)26(3)18-16(20(21,22)23)7-4-8-24-18/h4,7-8,12,15H,5-6,9-11H2,1-3H3. The SMILES string of the molecule is Cc1ncn(CC(=O)N2CCCC(N(C)c3ncccc3C(F)(F)F)C2)c(=O)c1C. The van der Waals surface area contributed by atoms with Crippen LogP contribution in [-0.4, -0.2) is 51.5 Å². The zero-order valence-electron chi connectivity index (χ0n) is 17.1. The Kier molecular flexibility index (Phi) is 6.14. The van der Waals surface area contributed by atoms with E-state index in [0.717, 1.165) is 6.07 Å². The molecule has 0 aromatic carbocycles. The molecule has 1 fully saturated rings. The first-order chi connectivity index (χ1) is 14.1. The van der Waals surface area contributed by atoms with Crippen LogP contribution >= 0.6 is 0 Å². The fraction of sp³-hybridized carbons (Fsp3) is 0.500. The number of amides is 1. The Hall–Kier alpha value is -2.91. The molecule has 1 unspecified atom stereocenters. The van der Waals surface area contributed by atoms with Gasteiger partial charge in [0.05, 0.1) is 11.9 Å². The van der Waals surface area contributed by atoms with Gasteiger partial charge < -0.3 is 9.80 Å². The summed E-state index contributed by atoms with van der Waals surface area (Å²) in [7, 11) is 1.56. The van der Waals surface area contributed by atoms with Gasteiger partial charge in [0.1, 0.15) is 12.4 Å². The highest BCUT2D eigenvalue weighted by atomic mass is 19.4. The minimum atomic E-state index is -4.51. The molecule has 0 spiro atoms. The van der Waals surface area contributed by atoms with Crippen LogP contribution in [0.2, 0.25) is 0 Å². The van der Waals surface area contributed by atoms with Crippen molar-refractivity contribution in [3.05, 3.63) is 51.8 Å². The second-order valence-electron chi connectivity index (χ2n) is 7.51. The summed E-state index contributed by atoms with van der Waals surface area (Å²) in [5.74, 6) is -0.420. The molecule has 1 saturated heterocycles. The monoisotopic (exact) mass is 423 g/mol. The second kappa shape index (κ2) is 8.45. The average molecular weight is 423 g/mol. The minimum Gasteiger partial charge on any atom is -0.354 e. The number of pyridine rings is 1. The highest BCUT2D eigenvalue weighted by molar-refractivity contribution is 5.76. The third-order valence-corrected chi connectivity index (χ3v) is 5.54. The maximum atomic E-state index is 13.4. The molecule has 1 aliphatic heterocycles. The first-order valence-electron chi connectivity index (χ1n) is 9.65. The van der Waals surface area contributed by atoms with Crippen LogP contribution in [0.1, 0.15) is 29.7 Å². The number of anilines is 1. The van der Waals surface area contributed by atoms with Crippen LogP contribution in [0.15, 0.2) is 29.5 Å². The Bertz CT molecular complexity index is 989. The number of piperidine rings is 1. The number of likely N-dealkylation sites (N-methyl/N-ethyl adjacent to an activating group) is 1. The van der Waals surface area contributed by atoms with E-state index in [1.165, 1.54) is 28.1 Å². The lowest BCUT2D eigenvalue weighted by Crippen LogP contribution is -2.50. The Balaban J connectivity index is 1.75. The molecular formula is C20H24F3N5O2. The molecule has 1 atom stereocenters. The summed E-state index contributed by atoms with van der Waals surface area (Å²) in [6, 6.07) is 1.95. The number of halogens is 3. The van der Waals surface area contributed by atoms with Gasteiger partial charge in [-0.05, 0) is 38.8 Å². The van der Waals surface area contributed by atoms with Gasteiger partial charge in [0.15, 0.2) is 0 Å². The topological polar surface area (TPSA) is 71.3 Å². The third kappa shape index (κ3) is 4.47. The Labute approximate surface area is 172 Å². The van der Waals surface area contributed by atoms with E-state index in [9.17, 15) is 22.8 Å². The van der Waals surface area contributed by atoms with Crippen LogP contribution in [0.3, 0.4) is 0 Å². The molecule has 0 bridgehead atoms. The van der Waals surface area contributed by atoms with Crippen molar-refractivity contribution in [2.24, 2.45) is 0 Å². The number of carbonyl (C=O) groups is 1. The fourth-order valence-electron chi connectivity index (χ4n) is 3.60. The number of likely N-dealkylation sites (tertiary alicyclic amines) is 1. The van der Waals surface area contributed by atoms with E-state index in [1.54, 1.807) is 25.8 Å². The summed E-state index contributed by atoms with van der Waals surface area (Å²) in [6.45, 7) is 3.98. The summed E-state index contributed by atoms with van der Waals surface area (Å²) in [4.78, 5) is 36.2. The predicted molar refractivity (Wildman–Crippen MR) is 105 cm³/mol. The highest BCUT2D eigenvalue weighted by Crippen LogP contribution is 2.36. The molecule has 30 heavy (non-hydrogen) atoms. The lowest BCUT2D eigenvalue weighted by atomic mass is 10.0. The van der Waals surface area contributed by atoms with Gasteiger partial charge in [0, 0.05) is 43.6 Å². The molecule has 2 aromatic rings. The van der Waals surface area contributed by atoms with Crippen LogP contribution in [0.4, 0.5) is 19.0 Å². The van der Waals surface area contributed by atoms with Crippen molar-refractivity contribution in [1.29, 1.82) is 0 Å².